The standard InChI is InChI=1S/C14H20O2/c1-14(2)10-9-13(15)8-7-12(14)6-4-5-11-16-3/h6H,4,7-10H2,1-3H3/b12-6-. The summed E-state index contributed by atoms with van der Waals surface area (Å²) < 4.78 is 4.68. The largest absolute Gasteiger partial charge is 0.450 e. The first kappa shape index (κ1) is 12.8. The molecule has 2 heteroatoms. The second kappa shape index (κ2) is 5.75. The third-order valence-electron chi connectivity index (χ3n) is 3.20. The second-order valence-corrected chi connectivity index (χ2v) is 4.84. The average Bonchev–Trinajstić information content (AvgIpc) is 2.36. The summed E-state index contributed by atoms with van der Waals surface area (Å²) in [5, 5.41) is 0. The van der Waals surface area contributed by atoms with Gasteiger partial charge in [-0.25, -0.2) is 0 Å². The molecular weight excluding hydrogens is 200 g/mol. The molecule has 1 saturated carbocycles. The predicted molar refractivity (Wildman–Crippen MR) is 64.7 cm³/mol. The number of carbonyl (C=O) groups is 1. The molecule has 1 rings (SSSR count). The number of hydrogen-bond donors (Lipinski definition) is 0. The Hall–Kier alpha value is -1.23. The molecule has 88 valence electrons. The lowest BCUT2D eigenvalue weighted by Crippen LogP contribution is -2.13. The normalized spacial score (nSPS) is 22.2. The van der Waals surface area contributed by atoms with Crippen LogP contribution in [0.4, 0.5) is 0 Å². The molecule has 0 atom stereocenters. The first-order valence-electron chi connectivity index (χ1n) is 5.78. The molecule has 1 fully saturated rings. The van der Waals surface area contributed by atoms with Crippen LogP contribution in [0.1, 0.15) is 46.0 Å². The summed E-state index contributed by atoms with van der Waals surface area (Å²) in [4.78, 5) is 11.4. The number of carbonyl (C=O) groups excluding carboxylic acids is 1. The smallest absolute Gasteiger partial charge is 0.133 e. The van der Waals surface area contributed by atoms with Gasteiger partial charge in [0.2, 0.25) is 0 Å². The molecule has 1 aliphatic carbocycles. The zero-order valence-electron chi connectivity index (χ0n) is 10.4. The molecule has 0 aliphatic heterocycles. The maximum atomic E-state index is 11.4. The van der Waals surface area contributed by atoms with Crippen LogP contribution >= 0.6 is 0 Å². The minimum atomic E-state index is 0.140. The fourth-order valence-corrected chi connectivity index (χ4v) is 2.02. The van der Waals surface area contributed by atoms with E-state index in [1.54, 1.807) is 7.11 Å². The maximum absolute atomic E-state index is 11.4. The molecule has 0 aromatic heterocycles. The van der Waals surface area contributed by atoms with Crippen LogP contribution in [0.2, 0.25) is 0 Å². The topological polar surface area (TPSA) is 26.3 Å². The Morgan fingerprint density at radius 2 is 2.12 bits per heavy atom. The lowest BCUT2D eigenvalue weighted by molar-refractivity contribution is -0.119. The van der Waals surface area contributed by atoms with E-state index in [9.17, 15) is 4.79 Å². The highest BCUT2D eigenvalue weighted by Crippen LogP contribution is 2.37. The SMILES string of the molecule is COC#CC/C=C1/CCC(=O)CCC1(C)C. The molecule has 0 N–H and O–H groups in total. The van der Waals surface area contributed by atoms with E-state index in [2.05, 4.69) is 36.7 Å². The number of hydrogen-bond acceptors (Lipinski definition) is 2. The van der Waals surface area contributed by atoms with E-state index in [0.29, 0.717) is 25.0 Å². The van der Waals surface area contributed by atoms with E-state index in [4.69, 9.17) is 0 Å². The Kier molecular flexibility index (Phi) is 4.61. The molecule has 2 nitrogen and oxygen atoms in total. The van der Waals surface area contributed by atoms with Crippen LogP contribution in [0, 0.1) is 17.4 Å². The van der Waals surface area contributed by atoms with Crippen molar-refractivity contribution >= 4 is 5.78 Å². The van der Waals surface area contributed by atoms with Gasteiger partial charge >= 0.3 is 0 Å². The monoisotopic (exact) mass is 220 g/mol. The molecule has 0 amide bonds. The Morgan fingerprint density at radius 1 is 1.38 bits per heavy atom. The van der Waals surface area contributed by atoms with Crippen molar-refractivity contribution in [2.45, 2.75) is 46.0 Å². The highest BCUT2D eigenvalue weighted by Gasteiger charge is 2.27. The van der Waals surface area contributed by atoms with Crippen molar-refractivity contribution < 1.29 is 9.53 Å². The molecule has 0 spiro atoms. The van der Waals surface area contributed by atoms with Gasteiger partial charge in [-0.15, -0.1) is 0 Å². The van der Waals surface area contributed by atoms with Crippen molar-refractivity contribution in [3.05, 3.63) is 11.6 Å². The summed E-state index contributed by atoms with van der Waals surface area (Å²) in [6, 6.07) is 0. The van der Waals surface area contributed by atoms with Gasteiger partial charge < -0.3 is 4.74 Å². The number of ether oxygens (including phenoxy) is 1. The Balaban J connectivity index is 2.71. The summed E-state index contributed by atoms with van der Waals surface area (Å²) in [6.07, 6.45) is 8.69. The quantitative estimate of drug-likeness (QED) is 0.385. The third-order valence-corrected chi connectivity index (χ3v) is 3.20. The van der Waals surface area contributed by atoms with Crippen LogP contribution < -0.4 is 0 Å². The Labute approximate surface area is 98.1 Å². The van der Waals surface area contributed by atoms with Gasteiger partial charge in [0, 0.05) is 19.3 Å². The van der Waals surface area contributed by atoms with Gasteiger partial charge in [-0.3, -0.25) is 4.79 Å². The number of rotatable bonds is 1. The number of Topliss-reactive ketones (excluding diaryl/α,β-unsaturated/α-hetero) is 1. The van der Waals surface area contributed by atoms with Gasteiger partial charge in [-0.1, -0.05) is 31.4 Å². The molecule has 0 saturated heterocycles. The fraction of sp³-hybridized carbons (Fsp3) is 0.643. The van der Waals surface area contributed by atoms with E-state index in [1.165, 1.54) is 5.57 Å². The summed E-state index contributed by atoms with van der Waals surface area (Å²) >= 11 is 0. The number of ketones is 1. The average molecular weight is 220 g/mol. The van der Waals surface area contributed by atoms with E-state index in [0.717, 1.165) is 12.8 Å². The molecule has 0 bridgehead atoms. The molecule has 0 aromatic rings. The highest BCUT2D eigenvalue weighted by atomic mass is 16.5. The molecule has 0 heterocycles. The summed E-state index contributed by atoms with van der Waals surface area (Å²) in [5.74, 6) is 3.31. The van der Waals surface area contributed by atoms with E-state index >= 15 is 0 Å². The van der Waals surface area contributed by atoms with Gasteiger partial charge in [0.05, 0.1) is 7.11 Å². The zero-order valence-corrected chi connectivity index (χ0v) is 10.4. The van der Waals surface area contributed by atoms with Crippen LogP contribution in [-0.4, -0.2) is 12.9 Å². The van der Waals surface area contributed by atoms with Gasteiger partial charge in [0.15, 0.2) is 0 Å². The number of allylic oxidation sites excluding steroid dienone is 2. The molecule has 16 heavy (non-hydrogen) atoms. The van der Waals surface area contributed by atoms with E-state index in [-0.39, 0.29) is 5.41 Å². The summed E-state index contributed by atoms with van der Waals surface area (Å²) in [5.41, 5.74) is 1.50. The molecule has 1 aliphatic rings. The van der Waals surface area contributed by atoms with Crippen molar-refractivity contribution in [3.8, 4) is 12.0 Å². The molecule has 0 aromatic carbocycles. The highest BCUT2D eigenvalue weighted by molar-refractivity contribution is 5.79. The van der Waals surface area contributed by atoms with E-state index in [1.807, 2.05) is 0 Å². The van der Waals surface area contributed by atoms with Crippen LogP contribution in [0.15, 0.2) is 11.6 Å². The van der Waals surface area contributed by atoms with Gasteiger partial charge in [0.1, 0.15) is 11.9 Å². The lowest BCUT2D eigenvalue weighted by atomic mass is 9.80. The van der Waals surface area contributed by atoms with E-state index < -0.39 is 0 Å². The van der Waals surface area contributed by atoms with Crippen molar-refractivity contribution in [2.24, 2.45) is 5.41 Å². The Morgan fingerprint density at radius 3 is 2.81 bits per heavy atom. The first-order valence-corrected chi connectivity index (χ1v) is 5.78. The van der Waals surface area contributed by atoms with Crippen LogP contribution in [-0.2, 0) is 9.53 Å². The fourth-order valence-electron chi connectivity index (χ4n) is 2.02. The van der Waals surface area contributed by atoms with Crippen LogP contribution in [0.25, 0.3) is 0 Å². The van der Waals surface area contributed by atoms with Gasteiger partial charge in [0.25, 0.3) is 0 Å². The summed E-state index contributed by atoms with van der Waals surface area (Å²) in [7, 11) is 1.56. The number of methoxy groups -OCH3 is 1. The van der Waals surface area contributed by atoms with Crippen molar-refractivity contribution in [1.82, 2.24) is 0 Å². The third kappa shape index (κ3) is 3.73. The van der Waals surface area contributed by atoms with Crippen molar-refractivity contribution in [1.29, 1.82) is 0 Å². The van der Waals surface area contributed by atoms with Crippen LogP contribution in [0.5, 0.6) is 0 Å². The molecular formula is C14H20O2. The first-order chi connectivity index (χ1) is 7.56. The minimum absolute atomic E-state index is 0.140. The van der Waals surface area contributed by atoms with Crippen LogP contribution in [0.3, 0.4) is 0 Å². The molecule has 0 unspecified atom stereocenters. The predicted octanol–water partition coefficient (Wildman–Crippen LogP) is 3.08. The zero-order chi connectivity index (χ0) is 12.0. The molecule has 0 radical (unpaired) electrons. The Bertz CT molecular complexity index is 339. The lowest BCUT2D eigenvalue weighted by Gasteiger charge is -2.25. The van der Waals surface area contributed by atoms with Gasteiger partial charge in [-0.05, 0) is 18.3 Å². The maximum Gasteiger partial charge on any atom is 0.133 e. The van der Waals surface area contributed by atoms with Crippen molar-refractivity contribution in [3.63, 3.8) is 0 Å². The van der Waals surface area contributed by atoms with Crippen molar-refractivity contribution in [2.75, 3.05) is 7.11 Å². The minimum Gasteiger partial charge on any atom is -0.450 e. The summed E-state index contributed by atoms with van der Waals surface area (Å²) in [6.45, 7) is 4.42. The van der Waals surface area contributed by atoms with Gasteiger partial charge in [-0.2, -0.15) is 0 Å². The second-order valence-electron chi connectivity index (χ2n) is 4.84.